The van der Waals surface area contributed by atoms with Crippen LogP contribution >= 0.6 is 0 Å². The number of ketones is 1. The van der Waals surface area contributed by atoms with Gasteiger partial charge in [-0.05, 0) is 55.0 Å². The van der Waals surface area contributed by atoms with Crippen LogP contribution in [0.2, 0.25) is 0 Å². The smallest absolute Gasteiger partial charge is 0.223 e. The monoisotopic (exact) mass is 382 g/mol. The van der Waals surface area contributed by atoms with Crippen molar-refractivity contribution in [1.82, 2.24) is 10.3 Å². The first kappa shape index (κ1) is 21.1. The Labute approximate surface area is 165 Å². The van der Waals surface area contributed by atoms with E-state index in [4.69, 9.17) is 4.74 Å². The topological polar surface area (TPSA) is 83.4 Å². The highest BCUT2D eigenvalue weighted by atomic mass is 16.5. The van der Waals surface area contributed by atoms with E-state index in [0.29, 0.717) is 42.1 Å². The van der Waals surface area contributed by atoms with Crippen LogP contribution < -0.4 is 10.1 Å². The first-order chi connectivity index (χ1) is 13.5. The molecular weight excluding hydrogens is 356 g/mol. The Morgan fingerprint density at radius 2 is 1.61 bits per heavy atom. The number of carbonyl (C=O) groups excluding carboxylic acids is 2. The van der Waals surface area contributed by atoms with Crippen LogP contribution in [0, 0.1) is 0 Å². The maximum atomic E-state index is 12.6. The molecular formula is C21H26N4O3. The van der Waals surface area contributed by atoms with Gasteiger partial charge in [0.05, 0.1) is 18.7 Å². The highest BCUT2D eigenvalue weighted by Gasteiger charge is 2.09. The maximum absolute atomic E-state index is 12.6. The van der Waals surface area contributed by atoms with E-state index in [1.54, 1.807) is 67.6 Å². The molecule has 7 heteroatoms. The number of amides is 1. The number of benzene rings is 2. The van der Waals surface area contributed by atoms with Crippen molar-refractivity contribution in [2.24, 2.45) is 10.3 Å². The minimum absolute atomic E-state index is 0.0257. The number of hydrogen-bond donors (Lipinski definition) is 1. The van der Waals surface area contributed by atoms with Crippen LogP contribution in [0.3, 0.4) is 0 Å². The Balaban J connectivity index is 1.90. The van der Waals surface area contributed by atoms with Crippen LogP contribution in [-0.2, 0) is 4.79 Å². The molecule has 0 aliphatic heterocycles. The molecule has 2 aromatic carbocycles. The highest BCUT2D eigenvalue weighted by Crippen LogP contribution is 2.18. The van der Waals surface area contributed by atoms with E-state index in [1.165, 1.54) is 0 Å². The van der Waals surface area contributed by atoms with Crippen LogP contribution in [0.15, 0.2) is 58.9 Å². The van der Waals surface area contributed by atoms with Crippen molar-refractivity contribution in [3.63, 3.8) is 0 Å². The van der Waals surface area contributed by atoms with Gasteiger partial charge in [-0.2, -0.15) is 0 Å². The van der Waals surface area contributed by atoms with E-state index in [2.05, 4.69) is 15.7 Å². The summed E-state index contributed by atoms with van der Waals surface area (Å²) in [6.07, 6.45) is 1.21. The summed E-state index contributed by atoms with van der Waals surface area (Å²) in [4.78, 5) is 24.1. The molecule has 0 unspecified atom stereocenters. The Kier molecular flexibility index (Phi) is 8.14. The number of hydrogen-bond acceptors (Lipinski definition) is 5. The molecule has 0 saturated carbocycles. The van der Waals surface area contributed by atoms with Gasteiger partial charge in [-0.25, -0.2) is 0 Å². The standard InChI is InChI=1S/C21H26N4O3/c1-4-14-22-20(26)13-15-28-19-11-7-17(8-12-19)21(27)16-5-9-18(10-6-16)23-24-25(2)3/h5-12H,4,13-15H2,1-3H3,(H,22,26). The number of nitrogens with one attached hydrogen (secondary N) is 1. The van der Waals surface area contributed by atoms with Gasteiger partial charge in [-0.3, -0.25) is 14.6 Å². The average molecular weight is 382 g/mol. The van der Waals surface area contributed by atoms with E-state index in [1.807, 2.05) is 6.92 Å². The van der Waals surface area contributed by atoms with Gasteiger partial charge in [-0.15, -0.1) is 5.11 Å². The number of nitrogens with zero attached hydrogens (tertiary/aromatic N) is 3. The van der Waals surface area contributed by atoms with Crippen LogP contribution in [0.4, 0.5) is 5.69 Å². The van der Waals surface area contributed by atoms with Crippen LogP contribution in [-0.4, -0.2) is 43.9 Å². The summed E-state index contributed by atoms with van der Waals surface area (Å²) in [5, 5.41) is 12.4. The lowest BCUT2D eigenvalue weighted by atomic mass is 10.0. The molecule has 7 nitrogen and oxygen atoms in total. The summed E-state index contributed by atoms with van der Waals surface area (Å²) < 4.78 is 5.56. The first-order valence-corrected chi connectivity index (χ1v) is 9.23. The fourth-order valence-electron chi connectivity index (χ4n) is 2.30. The number of ether oxygens (including phenoxy) is 1. The molecule has 0 aliphatic rings. The molecule has 1 amide bonds. The Morgan fingerprint density at radius 3 is 2.18 bits per heavy atom. The summed E-state index contributed by atoms with van der Waals surface area (Å²) in [5.41, 5.74) is 1.82. The van der Waals surface area contributed by atoms with Crippen molar-refractivity contribution in [2.75, 3.05) is 27.2 Å². The predicted octanol–water partition coefficient (Wildman–Crippen LogP) is 3.77. The van der Waals surface area contributed by atoms with Gasteiger partial charge in [-0.1, -0.05) is 12.1 Å². The van der Waals surface area contributed by atoms with Crippen LogP contribution in [0.1, 0.15) is 35.7 Å². The highest BCUT2D eigenvalue weighted by molar-refractivity contribution is 6.09. The molecule has 0 atom stereocenters. The fraction of sp³-hybridized carbons (Fsp3) is 0.333. The minimum Gasteiger partial charge on any atom is -0.493 e. The third-order valence-corrected chi connectivity index (χ3v) is 3.76. The second-order valence-corrected chi connectivity index (χ2v) is 6.39. The van der Waals surface area contributed by atoms with Gasteiger partial charge in [0.15, 0.2) is 5.78 Å². The van der Waals surface area contributed by atoms with E-state index >= 15 is 0 Å². The van der Waals surface area contributed by atoms with Crippen molar-refractivity contribution in [3.05, 3.63) is 59.7 Å². The lowest BCUT2D eigenvalue weighted by Gasteiger charge is -2.08. The second-order valence-electron chi connectivity index (χ2n) is 6.39. The molecule has 0 spiro atoms. The molecule has 1 N–H and O–H groups in total. The molecule has 0 bridgehead atoms. The molecule has 0 heterocycles. The maximum Gasteiger partial charge on any atom is 0.223 e. The molecule has 0 radical (unpaired) electrons. The van der Waals surface area contributed by atoms with E-state index in [9.17, 15) is 9.59 Å². The average Bonchev–Trinajstić information content (AvgIpc) is 2.71. The van der Waals surface area contributed by atoms with E-state index in [-0.39, 0.29) is 11.7 Å². The van der Waals surface area contributed by atoms with Gasteiger partial charge in [0.2, 0.25) is 5.91 Å². The summed E-state index contributed by atoms with van der Waals surface area (Å²) in [6, 6.07) is 13.9. The third kappa shape index (κ3) is 6.83. The third-order valence-electron chi connectivity index (χ3n) is 3.76. The fourth-order valence-corrected chi connectivity index (χ4v) is 2.30. The van der Waals surface area contributed by atoms with E-state index < -0.39 is 0 Å². The molecule has 0 fully saturated rings. The van der Waals surface area contributed by atoms with Gasteiger partial charge in [0, 0.05) is 31.8 Å². The van der Waals surface area contributed by atoms with E-state index in [0.717, 1.165) is 6.42 Å². The molecule has 0 aromatic heterocycles. The molecule has 148 valence electrons. The lowest BCUT2D eigenvalue weighted by Crippen LogP contribution is -2.25. The van der Waals surface area contributed by atoms with Crippen molar-refractivity contribution >= 4 is 17.4 Å². The van der Waals surface area contributed by atoms with Gasteiger partial charge in [0.1, 0.15) is 5.75 Å². The molecule has 2 aromatic rings. The van der Waals surface area contributed by atoms with Gasteiger partial charge >= 0.3 is 0 Å². The van der Waals surface area contributed by atoms with Gasteiger partial charge < -0.3 is 10.1 Å². The minimum atomic E-state index is -0.0819. The zero-order valence-electron chi connectivity index (χ0n) is 16.5. The molecule has 2 rings (SSSR count). The molecule has 0 saturated heterocycles. The van der Waals surface area contributed by atoms with Crippen molar-refractivity contribution in [1.29, 1.82) is 0 Å². The predicted molar refractivity (Wildman–Crippen MR) is 108 cm³/mol. The summed E-state index contributed by atoms with van der Waals surface area (Å²) in [7, 11) is 3.58. The Hall–Kier alpha value is -3.22. The van der Waals surface area contributed by atoms with Crippen molar-refractivity contribution < 1.29 is 14.3 Å². The zero-order valence-corrected chi connectivity index (χ0v) is 16.5. The van der Waals surface area contributed by atoms with Crippen molar-refractivity contribution in [2.45, 2.75) is 19.8 Å². The van der Waals surface area contributed by atoms with Gasteiger partial charge in [0.25, 0.3) is 0 Å². The zero-order chi connectivity index (χ0) is 20.4. The summed E-state index contributed by atoms with van der Waals surface area (Å²) >= 11 is 0. The summed E-state index contributed by atoms with van der Waals surface area (Å²) in [5.74, 6) is 0.517. The second kappa shape index (κ2) is 10.8. The summed E-state index contributed by atoms with van der Waals surface area (Å²) in [6.45, 7) is 2.98. The van der Waals surface area contributed by atoms with Crippen molar-refractivity contribution in [3.8, 4) is 5.75 Å². The lowest BCUT2D eigenvalue weighted by molar-refractivity contribution is -0.121. The Morgan fingerprint density at radius 1 is 1.00 bits per heavy atom. The SMILES string of the molecule is CCCNC(=O)CCOc1ccc(C(=O)c2ccc(N=NN(C)C)cc2)cc1. The largest absolute Gasteiger partial charge is 0.493 e. The van der Waals surface area contributed by atoms with Crippen LogP contribution in [0.5, 0.6) is 5.75 Å². The van der Waals surface area contributed by atoms with Crippen LogP contribution in [0.25, 0.3) is 0 Å². The first-order valence-electron chi connectivity index (χ1n) is 9.23. The molecule has 0 aliphatic carbocycles. The number of carbonyl (C=O) groups is 2. The Bertz CT molecular complexity index is 799. The molecule has 28 heavy (non-hydrogen) atoms. The normalized spacial score (nSPS) is 10.7. The quantitative estimate of drug-likeness (QED) is 0.385. The number of rotatable bonds is 10.